The highest BCUT2D eigenvalue weighted by Gasteiger charge is 2.38. The zero-order valence-corrected chi connectivity index (χ0v) is 7.57. The summed E-state index contributed by atoms with van der Waals surface area (Å²) < 4.78 is 4.90. The quantitative estimate of drug-likeness (QED) is 0.708. The van der Waals surface area contributed by atoms with E-state index in [2.05, 4.69) is 10.5 Å². The van der Waals surface area contributed by atoms with Crippen LogP contribution in [-0.4, -0.2) is 17.7 Å². The molecule has 0 aromatic carbocycles. The summed E-state index contributed by atoms with van der Waals surface area (Å²) in [4.78, 5) is 0. The first-order chi connectivity index (χ1) is 6.43. The Morgan fingerprint density at radius 3 is 3.23 bits per heavy atom. The average Bonchev–Trinajstić information content (AvgIpc) is 2.74. The first-order valence-electron chi connectivity index (χ1n) is 5.06. The minimum Gasteiger partial charge on any atom is -0.364 e. The van der Waals surface area contributed by atoms with Gasteiger partial charge in [-0.1, -0.05) is 5.16 Å². The van der Waals surface area contributed by atoms with E-state index in [1.165, 1.54) is 31.4 Å². The molecule has 1 saturated heterocycles. The van der Waals surface area contributed by atoms with Crippen molar-refractivity contribution >= 4 is 0 Å². The largest absolute Gasteiger partial charge is 0.364 e. The molecule has 3 heteroatoms. The SMILES string of the molecule is c1nocc1C1CC2CC1CCN2. The van der Waals surface area contributed by atoms with Crippen molar-refractivity contribution in [2.24, 2.45) is 5.92 Å². The molecule has 1 aliphatic carbocycles. The van der Waals surface area contributed by atoms with E-state index in [4.69, 9.17) is 4.52 Å². The zero-order chi connectivity index (χ0) is 8.67. The number of nitrogens with one attached hydrogen (secondary N) is 1. The minimum atomic E-state index is 0.700. The highest BCUT2D eigenvalue weighted by Crippen LogP contribution is 2.43. The Kier molecular flexibility index (Phi) is 1.65. The smallest absolute Gasteiger partial charge is 0.127 e. The third-order valence-electron chi connectivity index (χ3n) is 3.52. The molecule has 1 N–H and O–H groups in total. The van der Waals surface area contributed by atoms with Crippen molar-refractivity contribution in [2.45, 2.75) is 31.2 Å². The van der Waals surface area contributed by atoms with Gasteiger partial charge in [-0.2, -0.15) is 0 Å². The summed E-state index contributed by atoms with van der Waals surface area (Å²) in [6, 6.07) is 0.749. The normalized spacial score (nSPS) is 38.0. The molecule has 2 fully saturated rings. The van der Waals surface area contributed by atoms with Crippen LogP contribution < -0.4 is 5.32 Å². The summed E-state index contributed by atoms with van der Waals surface area (Å²) in [5.74, 6) is 1.57. The van der Waals surface area contributed by atoms with Gasteiger partial charge in [0.1, 0.15) is 6.26 Å². The van der Waals surface area contributed by atoms with Crippen LogP contribution in [0, 0.1) is 5.92 Å². The predicted molar refractivity (Wildman–Crippen MR) is 48.4 cm³/mol. The summed E-state index contributed by atoms with van der Waals surface area (Å²) in [5.41, 5.74) is 1.30. The third-order valence-corrected chi connectivity index (χ3v) is 3.52. The summed E-state index contributed by atoms with van der Waals surface area (Å²) in [6.45, 7) is 1.19. The molecule has 3 rings (SSSR count). The van der Waals surface area contributed by atoms with E-state index in [0.717, 1.165) is 12.0 Å². The van der Waals surface area contributed by atoms with Crippen molar-refractivity contribution < 1.29 is 4.52 Å². The maximum absolute atomic E-state index is 4.90. The molecule has 1 aromatic heterocycles. The molecule has 2 aliphatic rings. The van der Waals surface area contributed by atoms with Gasteiger partial charge in [-0.15, -0.1) is 0 Å². The van der Waals surface area contributed by atoms with Crippen LogP contribution in [0.5, 0.6) is 0 Å². The average molecular weight is 178 g/mol. The molecule has 0 radical (unpaired) electrons. The van der Waals surface area contributed by atoms with Gasteiger partial charge >= 0.3 is 0 Å². The Balaban J connectivity index is 1.86. The van der Waals surface area contributed by atoms with Crippen molar-refractivity contribution in [1.82, 2.24) is 10.5 Å². The van der Waals surface area contributed by atoms with Crippen LogP contribution in [0.4, 0.5) is 0 Å². The topological polar surface area (TPSA) is 38.1 Å². The number of piperidine rings is 1. The summed E-state index contributed by atoms with van der Waals surface area (Å²) in [6.07, 6.45) is 7.62. The van der Waals surface area contributed by atoms with Crippen LogP contribution in [0.25, 0.3) is 0 Å². The maximum atomic E-state index is 4.90. The number of rotatable bonds is 1. The Bertz CT molecular complexity index is 283. The highest BCUT2D eigenvalue weighted by atomic mass is 16.5. The van der Waals surface area contributed by atoms with Gasteiger partial charge in [-0.25, -0.2) is 0 Å². The molecule has 0 spiro atoms. The van der Waals surface area contributed by atoms with E-state index in [1.807, 2.05) is 12.5 Å². The predicted octanol–water partition coefficient (Wildman–Crippen LogP) is 1.53. The van der Waals surface area contributed by atoms with E-state index >= 15 is 0 Å². The molecule has 1 saturated carbocycles. The number of hydrogen-bond donors (Lipinski definition) is 1. The van der Waals surface area contributed by atoms with Crippen LogP contribution in [0.2, 0.25) is 0 Å². The lowest BCUT2D eigenvalue weighted by Gasteiger charge is -2.21. The molecule has 1 aliphatic heterocycles. The van der Waals surface area contributed by atoms with E-state index in [9.17, 15) is 0 Å². The van der Waals surface area contributed by atoms with Crippen molar-refractivity contribution in [3.8, 4) is 0 Å². The van der Waals surface area contributed by atoms with E-state index in [1.54, 1.807) is 0 Å². The molecule has 3 unspecified atom stereocenters. The maximum Gasteiger partial charge on any atom is 0.127 e. The van der Waals surface area contributed by atoms with Gasteiger partial charge < -0.3 is 9.84 Å². The van der Waals surface area contributed by atoms with Crippen LogP contribution in [0.3, 0.4) is 0 Å². The second kappa shape index (κ2) is 2.84. The Morgan fingerprint density at radius 1 is 1.46 bits per heavy atom. The van der Waals surface area contributed by atoms with Crippen molar-refractivity contribution in [3.05, 3.63) is 18.0 Å². The molecule has 1 aromatic rings. The highest BCUT2D eigenvalue weighted by molar-refractivity contribution is 5.15. The minimum absolute atomic E-state index is 0.700. The molecule has 13 heavy (non-hydrogen) atoms. The lowest BCUT2D eigenvalue weighted by Crippen LogP contribution is -2.31. The molecule has 3 nitrogen and oxygen atoms in total. The van der Waals surface area contributed by atoms with Gasteiger partial charge in [0.05, 0.1) is 6.20 Å². The van der Waals surface area contributed by atoms with Crippen LogP contribution in [0.15, 0.2) is 17.0 Å². The number of aromatic nitrogens is 1. The lowest BCUT2D eigenvalue weighted by atomic mass is 9.88. The van der Waals surface area contributed by atoms with Crippen molar-refractivity contribution in [1.29, 1.82) is 0 Å². The van der Waals surface area contributed by atoms with Gasteiger partial charge in [0.25, 0.3) is 0 Å². The molecular formula is C10H14N2O. The van der Waals surface area contributed by atoms with Gasteiger partial charge in [0.2, 0.25) is 0 Å². The van der Waals surface area contributed by atoms with Crippen LogP contribution >= 0.6 is 0 Å². The number of hydrogen-bond acceptors (Lipinski definition) is 3. The summed E-state index contributed by atoms with van der Waals surface area (Å²) in [5, 5.41) is 7.34. The van der Waals surface area contributed by atoms with Gasteiger partial charge in [-0.3, -0.25) is 0 Å². The zero-order valence-electron chi connectivity index (χ0n) is 7.57. The van der Waals surface area contributed by atoms with E-state index in [0.29, 0.717) is 5.92 Å². The van der Waals surface area contributed by atoms with Crippen LogP contribution in [0.1, 0.15) is 30.7 Å². The third kappa shape index (κ3) is 1.18. The van der Waals surface area contributed by atoms with E-state index in [-0.39, 0.29) is 0 Å². The van der Waals surface area contributed by atoms with Crippen molar-refractivity contribution in [3.63, 3.8) is 0 Å². The molecular weight excluding hydrogens is 164 g/mol. The fourth-order valence-corrected chi connectivity index (χ4v) is 2.89. The van der Waals surface area contributed by atoms with Crippen molar-refractivity contribution in [2.75, 3.05) is 6.54 Å². The second-order valence-electron chi connectivity index (χ2n) is 4.24. The number of nitrogens with zero attached hydrogens (tertiary/aromatic N) is 1. The monoisotopic (exact) mass is 178 g/mol. The van der Waals surface area contributed by atoms with Gasteiger partial charge in [-0.05, 0) is 37.6 Å². The second-order valence-corrected chi connectivity index (χ2v) is 4.24. The number of fused-ring (bicyclic) bond motifs is 2. The molecule has 2 bridgehead atoms. The molecule has 70 valence electrons. The summed E-state index contributed by atoms with van der Waals surface area (Å²) >= 11 is 0. The Morgan fingerprint density at radius 2 is 2.46 bits per heavy atom. The van der Waals surface area contributed by atoms with E-state index < -0.39 is 0 Å². The fourth-order valence-electron chi connectivity index (χ4n) is 2.89. The fraction of sp³-hybridized carbons (Fsp3) is 0.700. The standard InChI is InChI=1S/C10H14N2O/c1-2-11-9-3-7(1)10(4-9)8-5-12-13-6-8/h5-7,9-11H,1-4H2. The Labute approximate surface area is 77.5 Å². The molecule has 3 atom stereocenters. The molecule has 0 amide bonds. The van der Waals surface area contributed by atoms with Gasteiger partial charge in [0, 0.05) is 11.6 Å². The lowest BCUT2D eigenvalue weighted by molar-refractivity contribution is 0.375. The summed E-state index contributed by atoms with van der Waals surface area (Å²) in [7, 11) is 0. The molecule has 2 heterocycles. The first-order valence-corrected chi connectivity index (χ1v) is 5.06. The Hall–Kier alpha value is -0.830. The van der Waals surface area contributed by atoms with Gasteiger partial charge in [0.15, 0.2) is 0 Å². The first kappa shape index (κ1) is 7.56. The van der Waals surface area contributed by atoms with Crippen LogP contribution in [-0.2, 0) is 0 Å².